The summed E-state index contributed by atoms with van der Waals surface area (Å²) in [6, 6.07) is 3.11. The van der Waals surface area contributed by atoms with Crippen LogP contribution >= 0.6 is 0 Å². The Bertz CT molecular complexity index is 440. The highest BCUT2D eigenvalue weighted by atomic mass is 32.2. The normalized spacial score (nSPS) is 15.8. The fraction of sp³-hybridized carbons (Fsp3) is 0.500. The molecule has 1 aromatic heterocycles. The van der Waals surface area contributed by atoms with E-state index >= 15 is 0 Å². The molecule has 0 radical (unpaired) electrons. The second-order valence-electron chi connectivity index (χ2n) is 3.84. The smallest absolute Gasteiger partial charge is 0.239 e. The molecule has 0 bridgehead atoms. The zero-order valence-electron chi connectivity index (χ0n) is 9.42. The van der Waals surface area contributed by atoms with E-state index in [1.165, 1.54) is 12.3 Å². The van der Waals surface area contributed by atoms with Crippen molar-refractivity contribution < 1.29 is 8.42 Å². The predicted octanol–water partition coefficient (Wildman–Crippen LogP) is 0.570. The minimum absolute atomic E-state index is 0.0159. The Morgan fingerprint density at radius 1 is 1.44 bits per heavy atom. The molecule has 0 spiro atoms. The molecule has 0 amide bonds. The second kappa shape index (κ2) is 4.90. The van der Waals surface area contributed by atoms with Gasteiger partial charge in [-0.05, 0) is 25.5 Å². The first-order valence-electron chi connectivity index (χ1n) is 5.10. The Morgan fingerprint density at radius 2 is 2.06 bits per heavy atom. The van der Waals surface area contributed by atoms with Crippen molar-refractivity contribution in [3.05, 3.63) is 24.0 Å². The molecule has 4 N–H and O–H groups in total. The van der Waals surface area contributed by atoms with E-state index in [4.69, 9.17) is 10.9 Å². The minimum Gasteiger partial charge on any atom is -0.327 e. The predicted molar refractivity (Wildman–Crippen MR) is 62.3 cm³/mol. The van der Waals surface area contributed by atoms with E-state index in [1.807, 2.05) is 13.8 Å². The number of hydrogen-bond donors (Lipinski definition) is 2. The molecule has 16 heavy (non-hydrogen) atoms. The van der Waals surface area contributed by atoms with Crippen LogP contribution in [0.15, 0.2) is 23.2 Å². The summed E-state index contributed by atoms with van der Waals surface area (Å²) < 4.78 is 22.1. The van der Waals surface area contributed by atoms with Crippen LogP contribution in [0.25, 0.3) is 0 Å². The number of rotatable bonds is 4. The van der Waals surface area contributed by atoms with Crippen molar-refractivity contribution in [2.45, 2.75) is 37.1 Å². The third kappa shape index (κ3) is 3.01. The van der Waals surface area contributed by atoms with Gasteiger partial charge in [0.15, 0.2) is 0 Å². The summed E-state index contributed by atoms with van der Waals surface area (Å²) in [5.74, 6) is 0.134. The third-order valence-electron chi connectivity index (χ3n) is 2.54. The first kappa shape index (κ1) is 13.1. The van der Waals surface area contributed by atoms with Gasteiger partial charge in [0.05, 0.1) is 0 Å². The van der Waals surface area contributed by atoms with E-state index in [-0.39, 0.29) is 16.9 Å². The van der Waals surface area contributed by atoms with Gasteiger partial charge in [0.25, 0.3) is 0 Å². The Balaban J connectivity index is 3.03. The SMILES string of the molecule is CCC(c1ccc(S(N)(=O)=O)cn1)C(C)N. The summed E-state index contributed by atoms with van der Waals surface area (Å²) >= 11 is 0. The zero-order chi connectivity index (χ0) is 12.3. The van der Waals surface area contributed by atoms with Crippen LogP contribution in [0.5, 0.6) is 0 Å². The van der Waals surface area contributed by atoms with E-state index < -0.39 is 10.0 Å². The van der Waals surface area contributed by atoms with E-state index in [0.717, 1.165) is 12.1 Å². The summed E-state index contributed by atoms with van der Waals surface area (Å²) in [5, 5.41) is 4.98. The van der Waals surface area contributed by atoms with Gasteiger partial charge in [-0.15, -0.1) is 0 Å². The van der Waals surface area contributed by atoms with Crippen molar-refractivity contribution in [1.82, 2.24) is 4.98 Å². The molecule has 0 fully saturated rings. The van der Waals surface area contributed by atoms with Crippen LogP contribution in [-0.4, -0.2) is 19.4 Å². The van der Waals surface area contributed by atoms with Crippen molar-refractivity contribution in [1.29, 1.82) is 0 Å². The monoisotopic (exact) mass is 243 g/mol. The topological polar surface area (TPSA) is 99.1 Å². The number of primary sulfonamides is 1. The highest BCUT2D eigenvalue weighted by molar-refractivity contribution is 7.89. The van der Waals surface area contributed by atoms with Crippen molar-refractivity contribution in [3.63, 3.8) is 0 Å². The summed E-state index contributed by atoms with van der Waals surface area (Å²) in [4.78, 5) is 4.12. The summed E-state index contributed by atoms with van der Waals surface area (Å²) in [5.41, 5.74) is 6.62. The molecule has 1 aromatic rings. The van der Waals surface area contributed by atoms with Crippen LogP contribution in [-0.2, 0) is 10.0 Å². The molecule has 0 saturated carbocycles. The second-order valence-corrected chi connectivity index (χ2v) is 5.40. The van der Waals surface area contributed by atoms with E-state index in [9.17, 15) is 8.42 Å². The van der Waals surface area contributed by atoms with Crippen molar-refractivity contribution in [3.8, 4) is 0 Å². The van der Waals surface area contributed by atoms with Gasteiger partial charge >= 0.3 is 0 Å². The molecule has 0 aliphatic rings. The lowest BCUT2D eigenvalue weighted by molar-refractivity contribution is 0.539. The fourth-order valence-electron chi connectivity index (χ4n) is 1.63. The first-order chi connectivity index (χ1) is 7.36. The summed E-state index contributed by atoms with van der Waals surface area (Å²) in [6.45, 7) is 3.92. The number of nitrogens with two attached hydrogens (primary N) is 2. The molecule has 0 aliphatic heterocycles. The molecular formula is C10H17N3O2S. The maximum atomic E-state index is 11.0. The van der Waals surface area contributed by atoms with Crippen molar-refractivity contribution in [2.24, 2.45) is 10.9 Å². The first-order valence-corrected chi connectivity index (χ1v) is 6.65. The van der Waals surface area contributed by atoms with Gasteiger partial charge < -0.3 is 5.73 Å². The van der Waals surface area contributed by atoms with Gasteiger partial charge in [-0.3, -0.25) is 4.98 Å². The average molecular weight is 243 g/mol. The number of aromatic nitrogens is 1. The van der Waals surface area contributed by atoms with Crippen LogP contribution in [0.4, 0.5) is 0 Å². The lowest BCUT2D eigenvalue weighted by Gasteiger charge is -2.18. The van der Waals surface area contributed by atoms with Gasteiger partial charge in [0, 0.05) is 23.9 Å². The van der Waals surface area contributed by atoms with E-state index in [0.29, 0.717) is 0 Å². The van der Waals surface area contributed by atoms with Crippen molar-refractivity contribution in [2.75, 3.05) is 0 Å². The molecular weight excluding hydrogens is 226 g/mol. The average Bonchev–Trinajstić information content (AvgIpc) is 2.17. The molecule has 2 atom stereocenters. The Hall–Kier alpha value is -0.980. The van der Waals surface area contributed by atoms with E-state index in [2.05, 4.69) is 4.98 Å². The molecule has 0 aromatic carbocycles. The number of sulfonamides is 1. The van der Waals surface area contributed by atoms with Gasteiger partial charge in [0.1, 0.15) is 4.90 Å². The molecule has 0 aliphatic carbocycles. The molecule has 2 unspecified atom stereocenters. The molecule has 6 heteroatoms. The maximum Gasteiger partial charge on any atom is 0.239 e. The summed E-state index contributed by atoms with van der Waals surface area (Å²) in [6.07, 6.45) is 2.13. The van der Waals surface area contributed by atoms with Crippen LogP contribution in [0.2, 0.25) is 0 Å². The zero-order valence-corrected chi connectivity index (χ0v) is 10.2. The van der Waals surface area contributed by atoms with Gasteiger partial charge in [-0.25, -0.2) is 13.6 Å². The highest BCUT2D eigenvalue weighted by Gasteiger charge is 2.16. The molecule has 1 heterocycles. The standard InChI is InChI=1S/C10H17N3O2S/c1-3-9(7(2)11)10-5-4-8(6-13-10)16(12,14)15/h4-7,9H,3,11H2,1-2H3,(H2,12,14,15). The fourth-order valence-corrected chi connectivity index (χ4v) is 2.09. The highest BCUT2D eigenvalue weighted by Crippen LogP contribution is 2.20. The van der Waals surface area contributed by atoms with Crippen LogP contribution in [0.3, 0.4) is 0 Å². The van der Waals surface area contributed by atoms with E-state index in [1.54, 1.807) is 6.07 Å². The lowest BCUT2D eigenvalue weighted by Crippen LogP contribution is -2.25. The number of hydrogen-bond acceptors (Lipinski definition) is 4. The maximum absolute atomic E-state index is 11.0. The Kier molecular flexibility index (Phi) is 4.01. The molecule has 1 rings (SSSR count). The largest absolute Gasteiger partial charge is 0.327 e. The molecule has 0 saturated heterocycles. The minimum atomic E-state index is -3.67. The number of pyridine rings is 1. The third-order valence-corrected chi connectivity index (χ3v) is 3.44. The summed E-state index contributed by atoms with van der Waals surface area (Å²) in [7, 11) is -3.67. The van der Waals surface area contributed by atoms with Crippen LogP contribution in [0, 0.1) is 0 Å². The number of nitrogens with zero attached hydrogens (tertiary/aromatic N) is 1. The molecule has 90 valence electrons. The van der Waals surface area contributed by atoms with Crippen LogP contribution < -0.4 is 10.9 Å². The van der Waals surface area contributed by atoms with Crippen LogP contribution in [0.1, 0.15) is 31.9 Å². The quantitative estimate of drug-likeness (QED) is 0.807. The van der Waals surface area contributed by atoms with Gasteiger partial charge in [-0.1, -0.05) is 6.92 Å². The van der Waals surface area contributed by atoms with Crippen molar-refractivity contribution >= 4 is 10.0 Å². The Morgan fingerprint density at radius 3 is 2.38 bits per heavy atom. The van der Waals surface area contributed by atoms with Gasteiger partial charge in [0.2, 0.25) is 10.0 Å². The Labute approximate surface area is 95.9 Å². The van der Waals surface area contributed by atoms with Gasteiger partial charge in [-0.2, -0.15) is 0 Å². The lowest BCUT2D eigenvalue weighted by atomic mass is 9.95. The molecule has 5 nitrogen and oxygen atoms in total.